The SMILES string of the molecule is CC(=O)C1C[C@H]([N-][NH+]=N)CCN1.[I-]. The summed E-state index contributed by atoms with van der Waals surface area (Å²) in [7, 11) is 0. The van der Waals surface area contributed by atoms with Crippen molar-refractivity contribution >= 4 is 5.78 Å². The Bertz CT molecular complexity index is 187. The summed E-state index contributed by atoms with van der Waals surface area (Å²) in [5.41, 5.74) is 10.5. The fourth-order valence-corrected chi connectivity index (χ4v) is 1.42. The van der Waals surface area contributed by atoms with Crippen LogP contribution >= 0.6 is 0 Å². The van der Waals surface area contributed by atoms with Crippen LogP contribution in [0.25, 0.3) is 5.43 Å². The zero-order valence-electron chi connectivity index (χ0n) is 7.51. The van der Waals surface area contributed by atoms with E-state index in [1.807, 2.05) is 5.22 Å². The Kier molecular flexibility index (Phi) is 6.13. The van der Waals surface area contributed by atoms with E-state index < -0.39 is 0 Å². The highest BCUT2D eigenvalue weighted by Gasteiger charge is 2.23. The molecule has 1 rings (SSSR count). The van der Waals surface area contributed by atoms with Crippen LogP contribution in [0.5, 0.6) is 0 Å². The predicted molar refractivity (Wildman–Crippen MR) is 42.5 cm³/mol. The van der Waals surface area contributed by atoms with E-state index in [0.29, 0.717) is 6.42 Å². The Balaban J connectivity index is 0.00000144. The van der Waals surface area contributed by atoms with Crippen LogP contribution in [0.1, 0.15) is 19.8 Å². The Labute approximate surface area is 94.5 Å². The number of carbonyl (C=O) groups excluding carboxylic acids is 1. The number of hydrogen-bond acceptors (Lipinski definition) is 3. The second-order valence-corrected chi connectivity index (χ2v) is 3.04. The van der Waals surface area contributed by atoms with Gasteiger partial charge in [-0.1, -0.05) is 0 Å². The number of rotatable bonds is 3. The number of carbonyl (C=O) groups is 1. The molecule has 3 N–H and O–H groups in total. The summed E-state index contributed by atoms with van der Waals surface area (Å²) in [6.45, 7) is 2.38. The quantitative estimate of drug-likeness (QED) is 0.283. The first-order valence-electron chi connectivity index (χ1n) is 4.09. The molecular weight excluding hydrogens is 283 g/mol. The summed E-state index contributed by atoms with van der Waals surface area (Å²) in [5.74, 6) is 0.153. The third-order valence-corrected chi connectivity index (χ3v) is 2.11. The van der Waals surface area contributed by atoms with E-state index in [9.17, 15) is 4.79 Å². The zero-order chi connectivity index (χ0) is 8.97. The first-order valence-corrected chi connectivity index (χ1v) is 4.09. The normalized spacial score (nSPS) is 27.2. The number of halogens is 1. The molecule has 1 aliphatic rings. The average Bonchev–Trinajstić information content (AvgIpc) is 2.05. The van der Waals surface area contributed by atoms with E-state index in [0.717, 1.165) is 13.0 Å². The maximum Gasteiger partial charge on any atom is 0.146 e. The van der Waals surface area contributed by atoms with Crippen LogP contribution in [0, 0.1) is 5.53 Å². The molecule has 13 heavy (non-hydrogen) atoms. The summed E-state index contributed by atoms with van der Waals surface area (Å²) in [6, 6.07) is 0.0403. The zero-order valence-corrected chi connectivity index (χ0v) is 9.67. The van der Waals surface area contributed by atoms with Crippen molar-refractivity contribution in [2.24, 2.45) is 0 Å². The maximum atomic E-state index is 11.0. The third kappa shape index (κ3) is 3.99. The molecule has 0 spiro atoms. The summed E-state index contributed by atoms with van der Waals surface area (Å²) in [5, 5.41) is 5.14. The van der Waals surface area contributed by atoms with Gasteiger partial charge in [-0.2, -0.15) is 5.22 Å². The molecule has 0 aromatic heterocycles. The molecule has 0 aliphatic carbocycles. The van der Waals surface area contributed by atoms with Gasteiger partial charge in [-0.25, -0.2) is 11.0 Å². The van der Waals surface area contributed by atoms with Gasteiger partial charge < -0.3 is 29.3 Å². The standard InChI is InChI=1S/C7H14N4O.HI/c1-5(12)7-4-6(10-11-8)2-3-9-7;/h6-7,9,11H,2-4H2,1H3,(H-,8,10);1H/p-1/t6-,7?;/m1./s1. The number of ketones is 1. The summed E-state index contributed by atoms with van der Waals surface area (Å²) in [6.07, 6.45) is 1.61. The van der Waals surface area contributed by atoms with E-state index in [2.05, 4.69) is 10.7 Å². The van der Waals surface area contributed by atoms with E-state index in [-0.39, 0.29) is 41.8 Å². The maximum absolute atomic E-state index is 11.0. The van der Waals surface area contributed by atoms with Gasteiger partial charge in [-0.15, -0.1) is 0 Å². The smallest absolute Gasteiger partial charge is 0.146 e. The van der Waals surface area contributed by atoms with Crippen molar-refractivity contribution in [2.45, 2.75) is 31.8 Å². The molecule has 0 aromatic carbocycles. The highest BCUT2D eigenvalue weighted by Crippen LogP contribution is 2.13. The molecule has 1 heterocycles. The van der Waals surface area contributed by atoms with Crippen LogP contribution in [0.4, 0.5) is 0 Å². The van der Waals surface area contributed by atoms with Gasteiger partial charge in [-0.3, -0.25) is 4.79 Å². The molecule has 1 fully saturated rings. The highest BCUT2D eigenvalue weighted by atomic mass is 127. The molecule has 0 radical (unpaired) electrons. The summed E-state index contributed by atoms with van der Waals surface area (Å²) < 4.78 is 0. The minimum absolute atomic E-state index is 0. The molecule has 5 nitrogen and oxygen atoms in total. The van der Waals surface area contributed by atoms with Crippen LogP contribution in [-0.2, 0) is 4.79 Å². The lowest BCUT2D eigenvalue weighted by molar-refractivity contribution is -0.509. The van der Waals surface area contributed by atoms with Crippen molar-refractivity contribution in [3.8, 4) is 0 Å². The minimum atomic E-state index is -0.0687. The van der Waals surface area contributed by atoms with Crippen molar-refractivity contribution in [3.05, 3.63) is 5.43 Å². The van der Waals surface area contributed by atoms with Gasteiger partial charge in [0.1, 0.15) is 5.78 Å². The van der Waals surface area contributed by atoms with Crippen molar-refractivity contribution in [1.82, 2.24) is 5.32 Å². The van der Waals surface area contributed by atoms with Gasteiger partial charge in [0.2, 0.25) is 0 Å². The third-order valence-electron chi connectivity index (χ3n) is 2.11. The van der Waals surface area contributed by atoms with Crippen molar-refractivity contribution in [3.63, 3.8) is 0 Å². The molecule has 0 bridgehead atoms. The van der Waals surface area contributed by atoms with Crippen LogP contribution in [0.15, 0.2) is 0 Å². The van der Waals surface area contributed by atoms with Crippen molar-refractivity contribution < 1.29 is 34.0 Å². The molecular formula is C7H14IN4O-. The largest absolute Gasteiger partial charge is 1.00 e. The molecule has 0 saturated carbocycles. The Hall–Kier alpha value is -0.240. The summed E-state index contributed by atoms with van der Waals surface area (Å²) >= 11 is 0. The molecule has 6 heteroatoms. The lowest BCUT2D eigenvalue weighted by Crippen LogP contribution is -3.00. The van der Waals surface area contributed by atoms with Crippen molar-refractivity contribution in [1.29, 1.82) is 5.53 Å². The second kappa shape index (κ2) is 6.25. The number of nitrogens with zero attached hydrogens (tertiary/aromatic N) is 1. The number of nitrogens with one attached hydrogen (secondary N) is 3. The van der Waals surface area contributed by atoms with Crippen LogP contribution < -0.4 is 34.5 Å². The van der Waals surface area contributed by atoms with Crippen LogP contribution in [-0.4, -0.2) is 24.4 Å². The monoisotopic (exact) mass is 297 g/mol. The van der Waals surface area contributed by atoms with Gasteiger partial charge in [0.15, 0.2) is 0 Å². The first-order chi connectivity index (χ1) is 5.74. The van der Waals surface area contributed by atoms with E-state index in [4.69, 9.17) is 5.53 Å². The Morgan fingerprint density at radius 2 is 2.38 bits per heavy atom. The topological polar surface area (TPSA) is 81.0 Å². The average molecular weight is 297 g/mol. The molecule has 2 atom stereocenters. The lowest BCUT2D eigenvalue weighted by atomic mass is 9.98. The number of hydrogen-bond donors (Lipinski definition) is 3. The number of Topliss-reactive ketones (excluding diaryl/α,β-unsaturated/α-hetero) is 1. The Morgan fingerprint density at radius 3 is 2.92 bits per heavy atom. The molecule has 1 unspecified atom stereocenters. The lowest BCUT2D eigenvalue weighted by Gasteiger charge is -2.28. The van der Waals surface area contributed by atoms with Crippen LogP contribution in [0.2, 0.25) is 0 Å². The van der Waals surface area contributed by atoms with Gasteiger partial charge >= 0.3 is 0 Å². The highest BCUT2D eigenvalue weighted by molar-refractivity contribution is 5.81. The van der Waals surface area contributed by atoms with E-state index >= 15 is 0 Å². The molecule has 0 aromatic rings. The molecule has 0 amide bonds. The summed E-state index contributed by atoms with van der Waals surface area (Å²) in [4.78, 5) is 11.0. The van der Waals surface area contributed by atoms with Gasteiger partial charge in [0, 0.05) is 6.04 Å². The molecule has 76 valence electrons. The predicted octanol–water partition coefficient (Wildman–Crippen LogP) is -3.90. The van der Waals surface area contributed by atoms with Gasteiger partial charge in [0.25, 0.3) is 0 Å². The van der Waals surface area contributed by atoms with Crippen LogP contribution in [0.3, 0.4) is 0 Å². The second-order valence-electron chi connectivity index (χ2n) is 3.04. The molecule has 1 aliphatic heterocycles. The Morgan fingerprint density at radius 1 is 1.69 bits per heavy atom. The van der Waals surface area contributed by atoms with Crippen molar-refractivity contribution in [2.75, 3.05) is 6.54 Å². The van der Waals surface area contributed by atoms with E-state index in [1.165, 1.54) is 0 Å². The fourth-order valence-electron chi connectivity index (χ4n) is 1.42. The number of piperidine rings is 1. The molecule has 1 saturated heterocycles. The van der Waals surface area contributed by atoms with Gasteiger partial charge in [0.05, 0.1) is 6.04 Å². The minimum Gasteiger partial charge on any atom is -1.00 e. The fraction of sp³-hybridized carbons (Fsp3) is 0.857. The van der Waals surface area contributed by atoms with E-state index in [1.54, 1.807) is 6.92 Å². The van der Waals surface area contributed by atoms with Gasteiger partial charge in [-0.05, 0) is 26.3 Å². The first kappa shape index (κ1) is 12.8.